The van der Waals surface area contributed by atoms with Crippen molar-refractivity contribution in [3.63, 3.8) is 0 Å². The summed E-state index contributed by atoms with van der Waals surface area (Å²) in [7, 11) is 0. The molecule has 2 rings (SSSR count). The summed E-state index contributed by atoms with van der Waals surface area (Å²) in [5, 5.41) is 0. The van der Waals surface area contributed by atoms with Crippen LogP contribution in [0.1, 0.15) is 26.7 Å². The predicted molar refractivity (Wildman–Crippen MR) is 51.2 cm³/mol. The van der Waals surface area contributed by atoms with Gasteiger partial charge in [0.05, 0.1) is 6.21 Å². The number of fused-ring (bicyclic) bond motifs is 1. The molecule has 0 spiro atoms. The molecule has 0 aromatic carbocycles. The van der Waals surface area contributed by atoms with Gasteiger partial charge in [-0.25, -0.2) is 4.99 Å². The summed E-state index contributed by atoms with van der Waals surface area (Å²) in [5.74, 6) is 0. The Hall–Kier alpha value is -1.11. The molecule has 0 N–H and O–H groups in total. The zero-order chi connectivity index (χ0) is 8.55. The molecular weight excluding hydrogens is 146 g/mol. The maximum Gasteiger partial charge on any atom is 0.0975 e. The molecule has 1 nitrogen and oxygen atoms in total. The molecule has 0 aromatic rings. The highest BCUT2D eigenvalue weighted by Gasteiger charge is 2.21. The summed E-state index contributed by atoms with van der Waals surface area (Å²) in [5.41, 5.74) is 5.14. The minimum atomic E-state index is 1.01. The van der Waals surface area contributed by atoms with Crippen molar-refractivity contribution >= 4 is 6.21 Å². The molecule has 0 bridgehead atoms. The molecule has 1 heterocycles. The standard InChI is InChI=1S/C11H12N/c1-3-8-5-6-9-7-12-10(4-2)11(8)9/h5-6H,3-4H2,1-2H3. The van der Waals surface area contributed by atoms with Crippen molar-refractivity contribution in [3.05, 3.63) is 34.6 Å². The van der Waals surface area contributed by atoms with E-state index in [1.54, 1.807) is 0 Å². The third-order valence-corrected chi connectivity index (χ3v) is 2.36. The van der Waals surface area contributed by atoms with Gasteiger partial charge in [0.25, 0.3) is 0 Å². The van der Waals surface area contributed by atoms with Gasteiger partial charge in [0, 0.05) is 16.8 Å². The van der Waals surface area contributed by atoms with Gasteiger partial charge in [0.2, 0.25) is 0 Å². The molecule has 0 amide bonds. The fourth-order valence-corrected chi connectivity index (χ4v) is 1.69. The van der Waals surface area contributed by atoms with Crippen molar-refractivity contribution in [1.29, 1.82) is 0 Å². The highest BCUT2D eigenvalue weighted by atomic mass is 14.8. The Morgan fingerprint density at radius 2 is 2.08 bits per heavy atom. The Bertz CT molecular complexity index is 327. The number of hydrogen-bond donors (Lipinski definition) is 0. The van der Waals surface area contributed by atoms with Crippen LogP contribution in [0, 0.1) is 0 Å². The highest BCUT2D eigenvalue weighted by Crippen LogP contribution is 2.35. The Morgan fingerprint density at radius 1 is 1.25 bits per heavy atom. The van der Waals surface area contributed by atoms with Crippen molar-refractivity contribution in [2.45, 2.75) is 26.7 Å². The third-order valence-electron chi connectivity index (χ3n) is 2.36. The van der Waals surface area contributed by atoms with Crippen molar-refractivity contribution in [2.75, 3.05) is 0 Å². The Labute approximate surface area is 73.2 Å². The van der Waals surface area contributed by atoms with Crippen LogP contribution in [0.15, 0.2) is 39.6 Å². The van der Waals surface area contributed by atoms with E-state index in [0.717, 1.165) is 12.8 Å². The second-order valence-corrected chi connectivity index (χ2v) is 3.02. The fraction of sp³-hybridized carbons (Fsp3) is 0.364. The van der Waals surface area contributed by atoms with E-state index in [9.17, 15) is 0 Å². The van der Waals surface area contributed by atoms with Gasteiger partial charge in [-0.3, -0.25) is 0 Å². The number of rotatable bonds is 2. The maximum atomic E-state index is 4.26. The van der Waals surface area contributed by atoms with Crippen LogP contribution in [0.2, 0.25) is 0 Å². The quantitative estimate of drug-likeness (QED) is 0.586. The SMILES string of the molecule is CCC1=CC=C2[C]=NC(CC)=C21. The van der Waals surface area contributed by atoms with Gasteiger partial charge in [-0.2, -0.15) is 0 Å². The second kappa shape index (κ2) is 2.74. The summed E-state index contributed by atoms with van der Waals surface area (Å²) in [6, 6.07) is 0. The molecule has 0 aromatic heterocycles. The van der Waals surface area contributed by atoms with Crippen molar-refractivity contribution in [2.24, 2.45) is 4.99 Å². The number of aliphatic imine (C=N–C) groups is 1. The molecule has 2 aliphatic rings. The van der Waals surface area contributed by atoms with E-state index in [-0.39, 0.29) is 0 Å². The zero-order valence-electron chi connectivity index (χ0n) is 7.52. The molecule has 0 saturated carbocycles. The first kappa shape index (κ1) is 7.53. The van der Waals surface area contributed by atoms with Crippen LogP contribution in [0.25, 0.3) is 0 Å². The van der Waals surface area contributed by atoms with Crippen molar-refractivity contribution in [3.8, 4) is 0 Å². The second-order valence-electron chi connectivity index (χ2n) is 3.02. The summed E-state index contributed by atoms with van der Waals surface area (Å²) in [4.78, 5) is 4.26. The van der Waals surface area contributed by atoms with E-state index in [1.165, 1.54) is 22.4 Å². The first-order valence-corrected chi connectivity index (χ1v) is 4.48. The molecular formula is C11H12N. The Kier molecular flexibility index (Phi) is 1.72. The van der Waals surface area contributed by atoms with Gasteiger partial charge >= 0.3 is 0 Å². The molecule has 0 saturated heterocycles. The number of nitrogens with zero attached hydrogens (tertiary/aromatic N) is 1. The lowest BCUT2D eigenvalue weighted by atomic mass is 10.0. The van der Waals surface area contributed by atoms with Crippen LogP contribution >= 0.6 is 0 Å². The van der Waals surface area contributed by atoms with Gasteiger partial charge in [-0.15, -0.1) is 0 Å². The van der Waals surface area contributed by atoms with Crippen LogP contribution < -0.4 is 0 Å². The van der Waals surface area contributed by atoms with E-state index in [2.05, 4.69) is 37.2 Å². The van der Waals surface area contributed by atoms with Gasteiger partial charge in [0.1, 0.15) is 0 Å². The average molecular weight is 158 g/mol. The van der Waals surface area contributed by atoms with Crippen molar-refractivity contribution < 1.29 is 0 Å². The molecule has 61 valence electrons. The van der Waals surface area contributed by atoms with Crippen LogP contribution in [-0.2, 0) is 0 Å². The molecule has 1 aliphatic carbocycles. The van der Waals surface area contributed by atoms with E-state index in [4.69, 9.17) is 0 Å². The smallest absolute Gasteiger partial charge is 0.0975 e. The summed E-state index contributed by atoms with van der Waals surface area (Å²) < 4.78 is 0. The molecule has 1 radical (unpaired) electrons. The first-order valence-electron chi connectivity index (χ1n) is 4.48. The summed E-state index contributed by atoms with van der Waals surface area (Å²) >= 11 is 0. The maximum absolute atomic E-state index is 4.26. The lowest BCUT2D eigenvalue weighted by molar-refractivity contribution is 1.04. The molecule has 0 unspecified atom stereocenters. The number of allylic oxidation sites excluding steroid dienone is 6. The summed E-state index contributed by atoms with van der Waals surface area (Å²) in [6.07, 6.45) is 9.44. The average Bonchev–Trinajstić information content (AvgIpc) is 2.62. The Balaban J connectivity index is 2.43. The fourth-order valence-electron chi connectivity index (χ4n) is 1.69. The Morgan fingerprint density at radius 3 is 2.75 bits per heavy atom. The zero-order valence-corrected chi connectivity index (χ0v) is 7.52. The minimum Gasteiger partial charge on any atom is -0.250 e. The van der Waals surface area contributed by atoms with Crippen LogP contribution in [-0.4, -0.2) is 6.21 Å². The van der Waals surface area contributed by atoms with E-state index in [0.29, 0.717) is 0 Å². The van der Waals surface area contributed by atoms with Crippen molar-refractivity contribution in [1.82, 2.24) is 0 Å². The topological polar surface area (TPSA) is 12.4 Å². The predicted octanol–water partition coefficient (Wildman–Crippen LogP) is 2.89. The molecule has 1 aliphatic heterocycles. The van der Waals surface area contributed by atoms with Crippen LogP contribution in [0.5, 0.6) is 0 Å². The summed E-state index contributed by atoms with van der Waals surface area (Å²) in [6.45, 7) is 4.32. The monoisotopic (exact) mass is 158 g/mol. The van der Waals surface area contributed by atoms with E-state index in [1.807, 2.05) is 0 Å². The van der Waals surface area contributed by atoms with Gasteiger partial charge in [-0.1, -0.05) is 26.0 Å². The van der Waals surface area contributed by atoms with Gasteiger partial charge < -0.3 is 0 Å². The van der Waals surface area contributed by atoms with Crippen LogP contribution in [0.3, 0.4) is 0 Å². The largest absolute Gasteiger partial charge is 0.250 e. The van der Waals surface area contributed by atoms with Crippen LogP contribution in [0.4, 0.5) is 0 Å². The lowest BCUT2D eigenvalue weighted by Crippen LogP contribution is -1.87. The molecule has 12 heavy (non-hydrogen) atoms. The van der Waals surface area contributed by atoms with E-state index >= 15 is 0 Å². The third kappa shape index (κ3) is 0.893. The first-order chi connectivity index (χ1) is 5.86. The minimum absolute atomic E-state index is 1.01. The van der Waals surface area contributed by atoms with Gasteiger partial charge in [-0.05, 0) is 18.4 Å². The van der Waals surface area contributed by atoms with E-state index < -0.39 is 0 Å². The highest BCUT2D eigenvalue weighted by molar-refractivity contribution is 5.93. The molecule has 0 fully saturated rings. The normalized spacial score (nSPS) is 19.8. The molecule has 1 heteroatoms. The lowest BCUT2D eigenvalue weighted by Gasteiger charge is -2.03. The molecule has 0 atom stereocenters. The number of hydrogen-bond acceptors (Lipinski definition) is 1. The van der Waals surface area contributed by atoms with Gasteiger partial charge in [0.15, 0.2) is 0 Å².